The van der Waals surface area contributed by atoms with Gasteiger partial charge in [-0.05, 0) is 42.9 Å². The van der Waals surface area contributed by atoms with Crippen molar-refractivity contribution in [2.24, 2.45) is 23.7 Å². The second kappa shape index (κ2) is 6.35. The summed E-state index contributed by atoms with van der Waals surface area (Å²) in [5.41, 5.74) is 0. The van der Waals surface area contributed by atoms with Gasteiger partial charge in [-0.25, -0.2) is 0 Å². The maximum Gasteiger partial charge on any atom is -0.0202 e. The first-order chi connectivity index (χ1) is 7.15. The van der Waals surface area contributed by atoms with E-state index in [1.165, 1.54) is 32.1 Å². The van der Waals surface area contributed by atoms with Crippen molar-refractivity contribution in [3.63, 3.8) is 0 Å². The van der Waals surface area contributed by atoms with E-state index in [1.807, 2.05) is 0 Å². The summed E-state index contributed by atoms with van der Waals surface area (Å²) in [6.07, 6.45) is 11.9. The van der Waals surface area contributed by atoms with Gasteiger partial charge in [0, 0.05) is 0 Å². The average molecular weight is 208 g/mol. The van der Waals surface area contributed by atoms with Gasteiger partial charge in [-0.15, -0.1) is 0 Å². The number of unbranched alkanes of at least 4 members (excludes halogenated alkanes) is 1. The van der Waals surface area contributed by atoms with Crippen molar-refractivity contribution in [2.45, 2.75) is 59.8 Å². The molecule has 0 heterocycles. The summed E-state index contributed by atoms with van der Waals surface area (Å²) in [6.45, 7) is 9.29. The van der Waals surface area contributed by atoms with Gasteiger partial charge < -0.3 is 0 Å². The number of allylic oxidation sites excluding steroid dienone is 2. The van der Waals surface area contributed by atoms with Crippen molar-refractivity contribution >= 4 is 0 Å². The molecule has 1 rings (SSSR count). The summed E-state index contributed by atoms with van der Waals surface area (Å²) in [5, 5.41) is 0. The SMILES string of the molecule is CCCCC1CC1C=CCC(C)C(C)C. The van der Waals surface area contributed by atoms with Crippen molar-refractivity contribution in [1.29, 1.82) is 0 Å². The minimum atomic E-state index is 0.824. The molecule has 15 heavy (non-hydrogen) atoms. The fourth-order valence-corrected chi connectivity index (χ4v) is 2.05. The molecule has 0 nitrogen and oxygen atoms in total. The van der Waals surface area contributed by atoms with E-state index in [4.69, 9.17) is 0 Å². The molecule has 0 heteroatoms. The number of rotatable bonds is 7. The predicted molar refractivity (Wildman–Crippen MR) is 68.9 cm³/mol. The molecule has 3 unspecified atom stereocenters. The monoisotopic (exact) mass is 208 g/mol. The highest BCUT2D eigenvalue weighted by molar-refractivity contribution is 5.02. The van der Waals surface area contributed by atoms with Crippen molar-refractivity contribution in [2.75, 3.05) is 0 Å². The Labute approximate surface area is 96.2 Å². The zero-order valence-corrected chi connectivity index (χ0v) is 11.0. The first-order valence-electron chi connectivity index (χ1n) is 6.81. The van der Waals surface area contributed by atoms with E-state index in [2.05, 4.69) is 39.8 Å². The Kier molecular flexibility index (Phi) is 5.42. The van der Waals surface area contributed by atoms with Gasteiger partial charge in [0.05, 0.1) is 0 Å². The zero-order chi connectivity index (χ0) is 11.3. The Balaban J connectivity index is 2.08. The largest absolute Gasteiger partial charge is 0.0880 e. The van der Waals surface area contributed by atoms with Gasteiger partial charge in [0.1, 0.15) is 0 Å². The van der Waals surface area contributed by atoms with Crippen LogP contribution in [0, 0.1) is 23.7 Å². The van der Waals surface area contributed by atoms with Crippen molar-refractivity contribution in [1.82, 2.24) is 0 Å². The lowest BCUT2D eigenvalue weighted by Gasteiger charge is -2.11. The molecule has 1 saturated carbocycles. The summed E-state index contributed by atoms with van der Waals surface area (Å²) in [5.74, 6) is 3.64. The van der Waals surface area contributed by atoms with E-state index in [0.29, 0.717) is 0 Å². The highest BCUT2D eigenvalue weighted by Gasteiger charge is 2.33. The summed E-state index contributed by atoms with van der Waals surface area (Å²) >= 11 is 0. The molecule has 0 saturated heterocycles. The predicted octanol–water partition coefficient (Wildman–Crippen LogP) is 5.05. The molecule has 1 fully saturated rings. The second-order valence-electron chi connectivity index (χ2n) is 5.69. The third kappa shape index (κ3) is 4.86. The van der Waals surface area contributed by atoms with Crippen molar-refractivity contribution < 1.29 is 0 Å². The Morgan fingerprint density at radius 3 is 2.60 bits per heavy atom. The van der Waals surface area contributed by atoms with Gasteiger partial charge in [0.25, 0.3) is 0 Å². The first kappa shape index (κ1) is 12.8. The van der Waals surface area contributed by atoms with Gasteiger partial charge in [-0.3, -0.25) is 0 Å². The maximum absolute atomic E-state index is 2.49. The van der Waals surface area contributed by atoms with Crippen LogP contribution in [0.4, 0.5) is 0 Å². The molecule has 1 aliphatic rings. The molecule has 0 bridgehead atoms. The van der Waals surface area contributed by atoms with Gasteiger partial charge >= 0.3 is 0 Å². The molecular weight excluding hydrogens is 180 g/mol. The van der Waals surface area contributed by atoms with E-state index in [9.17, 15) is 0 Å². The molecule has 0 spiro atoms. The van der Waals surface area contributed by atoms with E-state index in [1.54, 1.807) is 0 Å². The maximum atomic E-state index is 2.49. The quantitative estimate of drug-likeness (QED) is 0.513. The van der Waals surface area contributed by atoms with E-state index < -0.39 is 0 Å². The Morgan fingerprint density at radius 2 is 2.00 bits per heavy atom. The molecule has 0 N–H and O–H groups in total. The molecule has 0 aromatic carbocycles. The van der Waals surface area contributed by atoms with Crippen LogP contribution in [0.2, 0.25) is 0 Å². The van der Waals surface area contributed by atoms with Crippen LogP contribution >= 0.6 is 0 Å². The fraction of sp³-hybridized carbons (Fsp3) is 0.867. The van der Waals surface area contributed by atoms with Gasteiger partial charge in [-0.1, -0.05) is 52.7 Å². The molecule has 0 amide bonds. The van der Waals surface area contributed by atoms with E-state index in [0.717, 1.165) is 23.7 Å². The number of hydrogen-bond donors (Lipinski definition) is 0. The summed E-state index contributed by atoms with van der Waals surface area (Å²) < 4.78 is 0. The Hall–Kier alpha value is -0.260. The fourth-order valence-electron chi connectivity index (χ4n) is 2.05. The molecule has 1 aliphatic carbocycles. The van der Waals surface area contributed by atoms with Crippen LogP contribution in [0.15, 0.2) is 12.2 Å². The molecule has 0 aromatic heterocycles. The smallest absolute Gasteiger partial charge is 0.0202 e. The Morgan fingerprint density at radius 1 is 1.27 bits per heavy atom. The van der Waals surface area contributed by atoms with Crippen LogP contribution in [-0.2, 0) is 0 Å². The van der Waals surface area contributed by atoms with Crippen LogP contribution < -0.4 is 0 Å². The molecule has 88 valence electrons. The first-order valence-corrected chi connectivity index (χ1v) is 6.81. The van der Waals surface area contributed by atoms with Gasteiger partial charge in [0.2, 0.25) is 0 Å². The minimum absolute atomic E-state index is 0.824. The van der Waals surface area contributed by atoms with Crippen LogP contribution in [0.25, 0.3) is 0 Å². The van der Waals surface area contributed by atoms with Crippen molar-refractivity contribution in [3.05, 3.63) is 12.2 Å². The van der Waals surface area contributed by atoms with Crippen LogP contribution in [0.5, 0.6) is 0 Å². The number of hydrogen-bond acceptors (Lipinski definition) is 0. The van der Waals surface area contributed by atoms with Crippen LogP contribution in [-0.4, -0.2) is 0 Å². The lowest BCUT2D eigenvalue weighted by molar-refractivity contribution is 0.423. The second-order valence-corrected chi connectivity index (χ2v) is 5.69. The van der Waals surface area contributed by atoms with E-state index in [-0.39, 0.29) is 0 Å². The zero-order valence-electron chi connectivity index (χ0n) is 11.0. The van der Waals surface area contributed by atoms with Crippen molar-refractivity contribution in [3.8, 4) is 0 Å². The average Bonchev–Trinajstić information content (AvgIpc) is 2.93. The highest BCUT2D eigenvalue weighted by atomic mass is 14.4. The lowest BCUT2D eigenvalue weighted by Crippen LogP contribution is -2.01. The normalized spacial score (nSPS) is 27.5. The third-order valence-electron chi connectivity index (χ3n) is 3.93. The summed E-state index contributed by atoms with van der Waals surface area (Å²) in [6, 6.07) is 0. The molecule has 3 atom stereocenters. The summed E-state index contributed by atoms with van der Waals surface area (Å²) in [4.78, 5) is 0. The van der Waals surface area contributed by atoms with Crippen LogP contribution in [0.3, 0.4) is 0 Å². The topological polar surface area (TPSA) is 0 Å². The molecule has 0 aliphatic heterocycles. The molecular formula is C15H28. The lowest BCUT2D eigenvalue weighted by atomic mass is 9.94. The molecule has 0 radical (unpaired) electrons. The van der Waals surface area contributed by atoms with E-state index >= 15 is 0 Å². The van der Waals surface area contributed by atoms with Crippen LogP contribution in [0.1, 0.15) is 59.8 Å². The van der Waals surface area contributed by atoms with Gasteiger partial charge in [0.15, 0.2) is 0 Å². The highest BCUT2D eigenvalue weighted by Crippen LogP contribution is 2.43. The third-order valence-corrected chi connectivity index (χ3v) is 3.93. The molecule has 0 aromatic rings. The summed E-state index contributed by atoms with van der Waals surface area (Å²) in [7, 11) is 0. The van der Waals surface area contributed by atoms with Gasteiger partial charge in [-0.2, -0.15) is 0 Å². The standard InChI is InChI=1S/C15H28/c1-5-6-9-14-11-15(14)10-7-8-13(4)12(2)3/h7,10,12-15H,5-6,8-9,11H2,1-4H3. The Bertz CT molecular complexity index is 190. The minimum Gasteiger partial charge on any atom is -0.0880 e.